The minimum Gasteiger partial charge on any atom is -0.497 e. The van der Waals surface area contributed by atoms with E-state index in [0.29, 0.717) is 29.4 Å². The van der Waals surface area contributed by atoms with Gasteiger partial charge in [0, 0.05) is 42.9 Å². The summed E-state index contributed by atoms with van der Waals surface area (Å²) in [5.41, 5.74) is 3.74. The fourth-order valence-corrected chi connectivity index (χ4v) is 10.6. The normalized spacial score (nSPS) is 21.4. The fourth-order valence-electron chi connectivity index (χ4n) is 9.45. The molecule has 5 aromatic rings. The van der Waals surface area contributed by atoms with Gasteiger partial charge in [0.2, 0.25) is 15.8 Å². The highest BCUT2D eigenvalue weighted by molar-refractivity contribution is 7.89. The van der Waals surface area contributed by atoms with Crippen molar-refractivity contribution >= 4 is 56.1 Å². The number of aromatic amines is 1. The molecule has 2 aromatic heterocycles. The van der Waals surface area contributed by atoms with Gasteiger partial charge in [-0.25, -0.2) is 23.1 Å². The number of fused-ring (bicyclic) bond motifs is 6. The third-order valence-corrected chi connectivity index (χ3v) is 13.8. The molecule has 0 spiro atoms. The van der Waals surface area contributed by atoms with Gasteiger partial charge >= 0.3 is 17.9 Å². The van der Waals surface area contributed by atoms with Crippen LogP contribution in [0.5, 0.6) is 23.0 Å². The molecule has 0 amide bonds. The number of hydrogen-bond donors (Lipinski definition) is 4. The summed E-state index contributed by atoms with van der Waals surface area (Å²) in [5, 5.41) is 18.0. The number of esters is 2. The SMILES string of the molecule is COC(=O)[C@H]1[C@H]2C[C@@H]3c4[nH]c5cc(OC)ccc5c4CCN3C[C@H]2CC(OC(=O)c2cc(OC)c(OC)c(OC)c2)[C@@H]1OC.NS(=O)(=O)c1cc(C(=O)O)c(NCc2ccco2)cc1Cl. The molecule has 5 N–H and O–H groups in total. The predicted molar refractivity (Wildman–Crippen MR) is 237 cm³/mol. The molecule has 18 nitrogen and oxygen atoms in total. The monoisotopic (exact) mass is 938 g/mol. The number of anilines is 1. The summed E-state index contributed by atoms with van der Waals surface area (Å²) in [5.74, 6) is -0.285. The first-order valence-electron chi connectivity index (χ1n) is 20.5. The number of furan rings is 1. The van der Waals surface area contributed by atoms with Crippen LogP contribution in [0.2, 0.25) is 5.02 Å². The smallest absolute Gasteiger partial charge is 0.338 e. The second kappa shape index (κ2) is 19.6. The molecule has 65 heavy (non-hydrogen) atoms. The number of sulfonamides is 1. The maximum absolute atomic E-state index is 13.5. The zero-order chi connectivity index (χ0) is 46.7. The van der Waals surface area contributed by atoms with E-state index in [0.717, 1.165) is 43.3 Å². The number of hydrogen-bond acceptors (Lipinski definition) is 15. The number of carbonyl (C=O) groups excluding carboxylic acids is 2. The Balaban J connectivity index is 0.000000251. The van der Waals surface area contributed by atoms with E-state index in [-0.39, 0.29) is 52.2 Å². The van der Waals surface area contributed by atoms with Crippen molar-refractivity contribution < 1.29 is 65.5 Å². The molecule has 0 radical (unpaired) electrons. The van der Waals surface area contributed by atoms with Gasteiger partial charge in [0.05, 0.1) is 82.2 Å². The first-order valence-corrected chi connectivity index (χ1v) is 22.5. The Labute approximate surface area is 380 Å². The largest absolute Gasteiger partial charge is 0.497 e. The van der Waals surface area contributed by atoms with Crippen molar-refractivity contribution in [1.82, 2.24) is 9.88 Å². The van der Waals surface area contributed by atoms with Crippen molar-refractivity contribution in [2.24, 2.45) is 22.9 Å². The first-order chi connectivity index (χ1) is 31.1. The lowest BCUT2D eigenvalue weighted by atomic mass is 9.63. The zero-order valence-electron chi connectivity index (χ0n) is 36.5. The van der Waals surface area contributed by atoms with E-state index in [1.807, 2.05) is 12.1 Å². The van der Waals surface area contributed by atoms with Crippen LogP contribution >= 0.6 is 11.6 Å². The van der Waals surface area contributed by atoms with Crippen LogP contribution in [-0.4, -0.2) is 109 Å². The second-order valence-electron chi connectivity index (χ2n) is 15.8. The molecule has 8 rings (SSSR count). The minimum absolute atomic E-state index is 0.0170. The van der Waals surface area contributed by atoms with Crippen LogP contribution in [0.1, 0.15) is 56.6 Å². The number of ether oxygens (including phenoxy) is 7. The first kappa shape index (κ1) is 47.0. The number of methoxy groups -OCH3 is 6. The van der Waals surface area contributed by atoms with Crippen LogP contribution < -0.4 is 29.4 Å². The molecule has 2 aliphatic heterocycles. The summed E-state index contributed by atoms with van der Waals surface area (Å²) >= 11 is 5.84. The van der Waals surface area contributed by atoms with Crippen molar-refractivity contribution in [3.05, 3.63) is 94.0 Å². The number of nitrogens with one attached hydrogen (secondary N) is 2. The summed E-state index contributed by atoms with van der Waals surface area (Å²) in [4.78, 5) is 43.9. The summed E-state index contributed by atoms with van der Waals surface area (Å²) < 4.78 is 66.9. The van der Waals surface area contributed by atoms with Gasteiger partial charge in [-0.1, -0.05) is 11.6 Å². The highest BCUT2D eigenvalue weighted by atomic mass is 35.5. The van der Waals surface area contributed by atoms with Crippen LogP contribution in [0, 0.1) is 17.8 Å². The molecule has 0 bridgehead atoms. The molecule has 3 aliphatic rings. The molecule has 6 atom stereocenters. The minimum atomic E-state index is -4.11. The highest BCUT2D eigenvalue weighted by Crippen LogP contribution is 2.51. The average Bonchev–Trinajstić information content (AvgIpc) is 3.96. The number of primary sulfonamides is 1. The molecule has 1 aliphatic carbocycles. The van der Waals surface area contributed by atoms with Crippen molar-refractivity contribution in [3.8, 4) is 23.0 Å². The lowest BCUT2D eigenvalue weighted by Crippen LogP contribution is -2.58. The molecule has 348 valence electrons. The lowest BCUT2D eigenvalue weighted by Gasteiger charge is -2.52. The van der Waals surface area contributed by atoms with E-state index in [1.165, 1.54) is 57.4 Å². The zero-order valence-corrected chi connectivity index (χ0v) is 38.1. The van der Waals surface area contributed by atoms with E-state index >= 15 is 0 Å². The molecule has 2 fully saturated rings. The van der Waals surface area contributed by atoms with Crippen molar-refractivity contribution in [1.29, 1.82) is 0 Å². The fraction of sp³-hybridized carbons (Fsp3) is 0.400. The molecule has 1 saturated heterocycles. The Kier molecular flexibility index (Phi) is 14.2. The number of H-pyrrole nitrogens is 1. The van der Waals surface area contributed by atoms with Gasteiger partial charge < -0.3 is 53.0 Å². The number of rotatable bonds is 13. The standard InChI is InChI=1S/C33H40N2O9.C12H11ClN2O5S/c1-38-19-7-8-20-21-9-10-35-16-18-13-27(44-32(36)17-11-25(39-2)30(41-4)26(12-17)40-3)31(42-5)28(33(37)43-6)22(18)15-24(35)29(21)34-23(20)14-19;13-9-5-10(15-6-7-2-1-3-20-7)8(12(16)17)4-11(9)21(14,18)19/h7-8,11-12,14,18,22,24,27-28,31,34H,9-10,13,15-16H2,1-6H3;1-5,15H,6H2,(H,16,17)(H2,14,18,19)/t18-,22+,24-,27?,28+,31+;/m1./s1. The van der Waals surface area contributed by atoms with E-state index in [4.69, 9.17) is 59.4 Å². The number of halogens is 1. The summed E-state index contributed by atoms with van der Waals surface area (Å²) in [6.07, 6.45) is 2.40. The maximum atomic E-state index is 13.5. The van der Waals surface area contributed by atoms with E-state index < -0.39 is 45.0 Å². The summed E-state index contributed by atoms with van der Waals surface area (Å²) in [7, 11) is 4.99. The third kappa shape index (κ3) is 9.55. The molecule has 1 unspecified atom stereocenters. The highest BCUT2D eigenvalue weighted by Gasteiger charge is 2.54. The number of benzene rings is 3. The van der Waals surface area contributed by atoms with Gasteiger partial charge in [0.25, 0.3) is 0 Å². The number of aromatic carboxylic acids is 1. The maximum Gasteiger partial charge on any atom is 0.338 e. The van der Waals surface area contributed by atoms with E-state index in [1.54, 1.807) is 38.5 Å². The number of aromatic nitrogens is 1. The van der Waals surface area contributed by atoms with Crippen molar-refractivity contribution in [2.75, 3.05) is 61.1 Å². The molecular weight excluding hydrogens is 888 g/mol. The number of nitrogens with two attached hydrogens (primary N) is 1. The van der Waals surface area contributed by atoms with Crippen LogP contribution in [0.3, 0.4) is 0 Å². The topological polar surface area (TPSA) is 240 Å². The number of carboxylic acids is 1. The van der Waals surface area contributed by atoms with Crippen molar-refractivity contribution in [3.63, 3.8) is 0 Å². The van der Waals surface area contributed by atoms with Gasteiger partial charge in [0.1, 0.15) is 28.6 Å². The number of carboxylic acid groups (broad SMARTS) is 1. The molecule has 20 heteroatoms. The Morgan fingerprint density at radius 2 is 1.71 bits per heavy atom. The second-order valence-corrected chi connectivity index (χ2v) is 17.7. The van der Waals surface area contributed by atoms with Crippen LogP contribution in [0.15, 0.2) is 70.2 Å². The van der Waals surface area contributed by atoms with Gasteiger partial charge in [-0.2, -0.15) is 0 Å². The van der Waals surface area contributed by atoms with Crippen molar-refractivity contribution in [2.45, 2.75) is 49.0 Å². The van der Waals surface area contributed by atoms with Crippen LogP contribution in [0.25, 0.3) is 10.9 Å². The Hall–Kier alpha value is -5.99. The quantitative estimate of drug-likeness (QED) is 0.0981. The number of carbonyl (C=O) groups is 3. The van der Waals surface area contributed by atoms with Gasteiger partial charge in [-0.3, -0.25) is 9.69 Å². The van der Waals surface area contributed by atoms with Crippen LogP contribution in [-0.2, 0) is 42.0 Å². The third-order valence-electron chi connectivity index (χ3n) is 12.4. The van der Waals surface area contributed by atoms with E-state index in [9.17, 15) is 22.8 Å². The van der Waals surface area contributed by atoms with E-state index in [2.05, 4.69) is 21.3 Å². The molecule has 1 saturated carbocycles. The predicted octanol–water partition coefficient (Wildman–Crippen LogP) is 6.06. The Morgan fingerprint density at radius 1 is 0.969 bits per heavy atom. The lowest BCUT2D eigenvalue weighted by molar-refractivity contribution is -0.176. The van der Waals surface area contributed by atoms with Gasteiger partial charge in [0.15, 0.2) is 11.5 Å². The van der Waals surface area contributed by atoms with Gasteiger partial charge in [-0.15, -0.1) is 0 Å². The summed E-state index contributed by atoms with van der Waals surface area (Å²) in [6, 6.07) is 14.9. The van der Waals surface area contributed by atoms with Crippen LogP contribution in [0.4, 0.5) is 5.69 Å². The summed E-state index contributed by atoms with van der Waals surface area (Å²) in [6.45, 7) is 1.90. The van der Waals surface area contributed by atoms with Gasteiger partial charge in [-0.05, 0) is 85.2 Å². The molecule has 3 aromatic carbocycles. The molecular formula is C45H51ClN4O14S. The molecule has 4 heterocycles. The number of nitrogens with zero attached hydrogens (tertiary/aromatic N) is 1. The Morgan fingerprint density at radius 3 is 2.31 bits per heavy atom. The Bertz CT molecular complexity index is 2650. The number of piperidine rings is 1. The average molecular weight is 939 g/mol.